The topological polar surface area (TPSA) is 49.8 Å². The van der Waals surface area contributed by atoms with Gasteiger partial charge in [0.1, 0.15) is 6.10 Å². The van der Waals surface area contributed by atoms with E-state index in [1.165, 1.54) is 0 Å². The van der Waals surface area contributed by atoms with Gasteiger partial charge in [0.2, 0.25) is 0 Å². The Morgan fingerprint density at radius 1 is 1.19 bits per heavy atom. The predicted molar refractivity (Wildman–Crippen MR) is 110 cm³/mol. The van der Waals surface area contributed by atoms with Crippen molar-refractivity contribution in [2.45, 2.75) is 12.3 Å². The van der Waals surface area contributed by atoms with Gasteiger partial charge >= 0.3 is 0 Å². The lowest BCUT2D eigenvalue weighted by Gasteiger charge is -2.21. The van der Waals surface area contributed by atoms with Crippen LogP contribution in [-0.4, -0.2) is 30.5 Å². The number of aromatic nitrogens is 1. The summed E-state index contributed by atoms with van der Waals surface area (Å²) in [5.74, 6) is 0. The SMILES string of the molecule is COC(c1ccc(Cl)cc1)c1cc(-c2ccncc2)sc1C1N=CNN1C. The van der Waals surface area contributed by atoms with Gasteiger partial charge in [-0.3, -0.25) is 4.98 Å². The zero-order valence-electron chi connectivity index (χ0n) is 15.0. The number of methoxy groups -OCH3 is 1. The standard InChI is InChI=1S/C20H19ClN4OS/c1-25-20(23-12-24-25)19-16(11-17(27-19)13-7-9-22-10-8-13)18(26-2)14-3-5-15(21)6-4-14/h3-12,18,20H,1-2H3,(H,23,24). The van der Waals surface area contributed by atoms with Crippen LogP contribution in [-0.2, 0) is 4.74 Å². The quantitative estimate of drug-likeness (QED) is 0.678. The number of ether oxygens (including phenoxy) is 1. The Bertz CT molecular complexity index is 942. The van der Waals surface area contributed by atoms with Crippen molar-refractivity contribution in [2.75, 3.05) is 14.2 Å². The summed E-state index contributed by atoms with van der Waals surface area (Å²) in [6, 6.07) is 14.0. The van der Waals surface area contributed by atoms with Crippen molar-refractivity contribution in [3.63, 3.8) is 0 Å². The minimum absolute atomic E-state index is 0.0921. The van der Waals surface area contributed by atoms with Gasteiger partial charge in [-0.15, -0.1) is 11.3 Å². The van der Waals surface area contributed by atoms with Gasteiger partial charge in [-0.05, 0) is 41.5 Å². The van der Waals surface area contributed by atoms with Gasteiger partial charge in [-0.2, -0.15) is 5.01 Å². The summed E-state index contributed by atoms with van der Waals surface area (Å²) >= 11 is 7.79. The number of nitrogens with zero attached hydrogens (tertiary/aromatic N) is 3. The summed E-state index contributed by atoms with van der Waals surface area (Å²) in [4.78, 5) is 11.0. The molecule has 3 heterocycles. The highest BCUT2D eigenvalue weighted by molar-refractivity contribution is 7.15. The van der Waals surface area contributed by atoms with Gasteiger partial charge in [-0.25, -0.2) is 4.99 Å². The molecule has 1 N–H and O–H groups in total. The van der Waals surface area contributed by atoms with Crippen LogP contribution in [0, 0.1) is 0 Å². The fourth-order valence-electron chi connectivity index (χ4n) is 3.17. The highest BCUT2D eigenvalue weighted by Gasteiger charge is 2.29. The Morgan fingerprint density at radius 3 is 2.56 bits per heavy atom. The third-order valence-corrected chi connectivity index (χ3v) is 6.02. The lowest BCUT2D eigenvalue weighted by Crippen LogP contribution is -2.29. The summed E-state index contributed by atoms with van der Waals surface area (Å²) < 4.78 is 5.91. The number of aliphatic imine (C=N–C) groups is 1. The molecule has 0 spiro atoms. The van der Waals surface area contributed by atoms with E-state index in [9.17, 15) is 0 Å². The maximum absolute atomic E-state index is 6.06. The normalized spacial score (nSPS) is 17.8. The van der Waals surface area contributed by atoms with Crippen molar-refractivity contribution in [3.05, 3.63) is 75.9 Å². The second kappa shape index (κ2) is 7.78. The zero-order chi connectivity index (χ0) is 18.8. The molecule has 2 atom stereocenters. The number of thiophene rings is 1. The molecule has 1 aliphatic heterocycles. The molecule has 2 aromatic heterocycles. The summed E-state index contributed by atoms with van der Waals surface area (Å²) in [6.45, 7) is 0. The molecular weight excluding hydrogens is 380 g/mol. The number of nitrogens with one attached hydrogen (secondary N) is 1. The number of hydrazine groups is 1. The van der Waals surface area contributed by atoms with E-state index in [0.717, 1.165) is 26.4 Å². The maximum Gasteiger partial charge on any atom is 0.155 e. The van der Waals surface area contributed by atoms with Gasteiger partial charge in [0.25, 0.3) is 0 Å². The Hall–Kier alpha value is -2.25. The number of hydrogen-bond donors (Lipinski definition) is 1. The second-order valence-electron chi connectivity index (χ2n) is 6.23. The van der Waals surface area contributed by atoms with E-state index in [0.29, 0.717) is 5.02 Å². The molecule has 2 unspecified atom stereocenters. The van der Waals surface area contributed by atoms with E-state index in [1.807, 2.05) is 60.8 Å². The molecule has 5 nitrogen and oxygen atoms in total. The third-order valence-electron chi connectivity index (χ3n) is 4.53. The molecule has 1 aromatic carbocycles. The Kier molecular flexibility index (Phi) is 5.22. The number of halogens is 1. The van der Waals surface area contributed by atoms with Crippen LogP contribution in [0.25, 0.3) is 10.4 Å². The number of rotatable bonds is 5. The van der Waals surface area contributed by atoms with E-state index in [-0.39, 0.29) is 12.3 Å². The fourth-order valence-corrected chi connectivity index (χ4v) is 4.58. The van der Waals surface area contributed by atoms with Crippen molar-refractivity contribution < 1.29 is 4.74 Å². The average molecular weight is 399 g/mol. The minimum Gasteiger partial charge on any atom is -0.372 e. The van der Waals surface area contributed by atoms with Crippen molar-refractivity contribution in [1.29, 1.82) is 0 Å². The van der Waals surface area contributed by atoms with E-state index in [1.54, 1.807) is 24.8 Å². The largest absolute Gasteiger partial charge is 0.372 e. The molecular formula is C20H19ClN4OS. The van der Waals surface area contributed by atoms with Crippen LogP contribution in [0.15, 0.2) is 59.9 Å². The Morgan fingerprint density at radius 2 is 1.93 bits per heavy atom. The highest BCUT2D eigenvalue weighted by Crippen LogP contribution is 2.43. The molecule has 0 fully saturated rings. The fraction of sp³-hybridized carbons (Fsp3) is 0.200. The first kappa shape index (κ1) is 18.1. The summed E-state index contributed by atoms with van der Waals surface area (Å²) in [6.07, 6.45) is 5.05. The van der Waals surface area contributed by atoms with Crippen LogP contribution < -0.4 is 5.43 Å². The first-order valence-corrected chi connectivity index (χ1v) is 9.69. The van der Waals surface area contributed by atoms with Gasteiger partial charge in [0.15, 0.2) is 6.17 Å². The maximum atomic E-state index is 6.06. The lowest BCUT2D eigenvalue weighted by atomic mass is 10.00. The van der Waals surface area contributed by atoms with Gasteiger partial charge < -0.3 is 10.2 Å². The predicted octanol–water partition coefficient (Wildman–Crippen LogP) is 4.68. The van der Waals surface area contributed by atoms with Crippen LogP contribution in [0.2, 0.25) is 5.02 Å². The lowest BCUT2D eigenvalue weighted by molar-refractivity contribution is 0.134. The van der Waals surface area contributed by atoms with E-state index in [2.05, 4.69) is 21.5 Å². The van der Waals surface area contributed by atoms with Crippen molar-refractivity contribution in [1.82, 2.24) is 15.4 Å². The number of hydrogen-bond acceptors (Lipinski definition) is 6. The van der Waals surface area contributed by atoms with E-state index < -0.39 is 0 Å². The average Bonchev–Trinajstić information content (AvgIpc) is 3.31. The van der Waals surface area contributed by atoms with Crippen molar-refractivity contribution >= 4 is 29.3 Å². The van der Waals surface area contributed by atoms with Gasteiger partial charge in [0, 0.05) is 42.0 Å². The molecule has 0 radical (unpaired) electrons. The monoisotopic (exact) mass is 398 g/mol. The van der Waals surface area contributed by atoms with Crippen LogP contribution in [0.4, 0.5) is 0 Å². The van der Waals surface area contributed by atoms with Crippen LogP contribution >= 0.6 is 22.9 Å². The second-order valence-corrected chi connectivity index (χ2v) is 7.75. The Labute approximate surface area is 167 Å². The van der Waals surface area contributed by atoms with Crippen LogP contribution in [0.1, 0.15) is 28.3 Å². The summed E-state index contributed by atoms with van der Waals surface area (Å²) in [7, 11) is 3.71. The van der Waals surface area contributed by atoms with E-state index >= 15 is 0 Å². The number of benzene rings is 1. The van der Waals surface area contributed by atoms with Gasteiger partial charge in [-0.1, -0.05) is 23.7 Å². The van der Waals surface area contributed by atoms with Gasteiger partial charge in [0.05, 0.1) is 11.2 Å². The number of pyridine rings is 1. The molecule has 1 aliphatic rings. The Balaban J connectivity index is 1.83. The molecule has 0 aliphatic carbocycles. The molecule has 0 amide bonds. The van der Waals surface area contributed by atoms with Crippen molar-refractivity contribution in [3.8, 4) is 10.4 Å². The molecule has 138 valence electrons. The van der Waals surface area contributed by atoms with Crippen LogP contribution in [0.5, 0.6) is 0 Å². The molecule has 0 saturated carbocycles. The summed E-state index contributed by atoms with van der Waals surface area (Å²) in [5, 5.41) is 2.70. The zero-order valence-corrected chi connectivity index (χ0v) is 16.5. The molecule has 0 bridgehead atoms. The van der Waals surface area contributed by atoms with E-state index in [4.69, 9.17) is 16.3 Å². The first-order valence-electron chi connectivity index (χ1n) is 8.50. The highest BCUT2D eigenvalue weighted by atomic mass is 35.5. The molecule has 4 rings (SSSR count). The first-order chi connectivity index (χ1) is 13.2. The molecule has 7 heteroatoms. The van der Waals surface area contributed by atoms with Crippen LogP contribution in [0.3, 0.4) is 0 Å². The molecule has 27 heavy (non-hydrogen) atoms. The molecule has 3 aromatic rings. The third kappa shape index (κ3) is 3.61. The molecule has 0 saturated heterocycles. The van der Waals surface area contributed by atoms with Crippen molar-refractivity contribution in [2.24, 2.45) is 4.99 Å². The minimum atomic E-state index is -0.201. The summed E-state index contributed by atoms with van der Waals surface area (Å²) in [5.41, 5.74) is 6.42. The smallest absolute Gasteiger partial charge is 0.155 e.